The van der Waals surface area contributed by atoms with E-state index in [4.69, 9.17) is 0 Å². The molecule has 146 valence electrons. The highest BCUT2D eigenvalue weighted by Gasteiger charge is 2.49. The van der Waals surface area contributed by atoms with Gasteiger partial charge in [-0.15, -0.1) is 0 Å². The number of aryl methyl sites for hydroxylation is 1. The first-order chi connectivity index (χ1) is 13.0. The van der Waals surface area contributed by atoms with Crippen LogP contribution < -0.4 is 0 Å². The molecular formula is C21H26F2N2O2. The van der Waals surface area contributed by atoms with E-state index in [9.17, 15) is 18.4 Å². The number of amides is 2. The number of likely N-dealkylation sites (tertiary alicyclic amines) is 2. The largest absolute Gasteiger partial charge is 0.342 e. The first kappa shape index (κ1) is 18.4. The quantitative estimate of drug-likeness (QED) is 0.811. The lowest BCUT2D eigenvalue weighted by atomic mass is 9.61. The summed E-state index contributed by atoms with van der Waals surface area (Å²) in [6, 6.07) is 3.78. The lowest BCUT2D eigenvalue weighted by molar-refractivity contribution is -0.151. The summed E-state index contributed by atoms with van der Waals surface area (Å²) in [6.45, 7) is 3.15. The summed E-state index contributed by atoms with van der Waals surface area (Å²) < 4.78 is 26.3. The van der Waals surface area contributed by atoms with Crippen molar-refractivity contribution in [2.75, 3.05) is 26.2 Å². The molecule has 27 heavy (non-hydrogen) atoms. The van der Waals surface area contributed by atoms with E-state index in [2.05, 4.69) is 0 Å². The highest BCUT2D eigenvalue weighted by molar-refractivity contribution is 5.81. The second-order valence-electron chi connectivity index (χ2n) is 8.18. The maximum Gasteiger partial charge on any atom is 0.226 e. The Bertz CT molecular complexity index is 733. The van der Waals surface area contributed by atoms with Crippen LogP contribution in [0.4, 0.5) is 8.78 Å². The van der Waals surface area contributed by atoms with E-state index >= 15 is 0 Å². The van der Waals surface area contributed by atoms with Crippen LogP contribution in [-0.4, -0.2) is 47.8 Å². The third-order valence-electron chi connectivity index (χ3n) is 6.58. The molecule has 2 aliphatic heterocycles. The molecule has 2 saturated heterocycles. The molecule has 0 unspecified atom stereocenters. The van der Waals surface area contributed by atoms with Crippen molar-refractivity contribution >= 4 is 11.8 Å². The summed E-state index contributed by atoms with van der Waals surface area (Å²) in [6.07, 6.45) is 4.81. The van der Waals surface area contributed by atoms with Crippen molar-refractivity contribution in [3.8, 4) is 0 Å². The molecule has 1 aromatic rings. The molecule has 1 aromatic carbocycles. The van der Waals surface area contributed by atoms with Crippen LogP contribution >= 0.6 is 0 Å². The van der Waals surface area contributed by atoms with Crippen molar-refractivity contribution in [3.63, 3.8) is 0 Å². The van der Waals surface area contributed by atoms with Gasteiger partial charge in [-0.1, -0.05) is 6.07 Å². The minimum absolute atomic E-state index is 0.0393. The van der Waals surface area contributed by atoms with Gasteiger partial charge in [-0.2, -0.15) is 0 Å². The molecule has 3 fully saturated rings. The maximum absolute atomic E-state index is 13.3. The van der Waals surface area contributed by atoms with Gasteiger partial charge in [-0.3, -0.25) is 9.59 Å². The SMILES string of the molecule is O=C(CCc1ccc(F)c(F)c1)N1CC[C@@H]2C[C@@H](C(=O)N3CCCC3)[C@@H]2C1. The molecule has 3 aliphatic rings. The summed E-state index contributed by atoms with van der Waals surface area (Å²) >= 11 is 0. The van der Waals surface area contributed by atoms with Gasteiger partial charge in [0.25, 0.3) is 0 Å². The zero-order valence-corrected chi connectivity index (χ0v) is 15.5. The number of piperidine rings is 1. The summed E-state index contributed by atoms with van der Waals surface area (Å²) in [7, 11) is 0. The summed E-state index contributed by atoms with van der Waals surface area (Å²) in [5.74, 6) is -0.489. The Balaban J connectivity index is 1.31. The molecule has 1 saturated carbocycles. The van der Waals surface area contributed by atoms with Gasteiger partial charge in [0.2, 0.25) is 11.8 Å². The van der Waals surface area contributed by atoms with E-state index < -0.39 is 11.6 Å². The van der Waals surface area contributed by atoms with Crippen LogP contribution in [0.5, 0.6) is 0 Å². The molecule has 1 aliphatic carbocycles. The van der Waals surface area contributed by atoms with Gasteiger partial charge in [0.1, 0.15) is 0 Å². The molecule has 0 N–H and O–H groups in total. The van der Waals surface area contributed by atoms with Gasteiger partial charge in [0.05, 0.1) is 0 Å². The lowest BCUT2D eigenvalue weighted by Gasteiger charge is -2.51. The first-order valence-corrected chi connectivity index (χ1v) is 10.0. The third kappa shape index (κ3) is 3.71. The minimum atomic E-state index is -0.876. The molecular weight excluding hydrogens is 350 g/mol. The fourth-order valence-corrected chi connectivity index (χ4v) is 4.87. The third-order valence-corrected chi connectivity index (χ3v) is 6.58. The summed E-state index contributed by atoms with van der Waals surface area (Å²) in [5, 5.41) is 0. The number of benzene rings is 1. The van der Waals surface area contributed by atoms with Gasteiger partial charge >= 0.3 is 0 Å². The molecule has 0 aromatic heterocycles. The molecule has 0 bridgehead atoms. The van der Waals surface area contributed by atoms with Gasteiger partial charge in [-0.25, -0.2) is 8.78 Å². The number of hydrogen-bond donors (Lipinski definition) is 0. The Labute approximate surface area is 158 Å². The molecule has 6 heteroatoms. The van der Waals surface area contributed by atoms with Crippen molar-refractivity contribution in [1.82, 2.24) is 9.80 Å². The predicted molar refractivity (Wildman–Crippen MR) is 96.8 cm³/mol. The van der Waals surface area contributed by atoms with Crippen molar-refractivity contribution in [2.24, 2.45) is 17.8 Å². The Hall–Kier alpha value is -1.98. The molecule has 0 radical (unpaired) electrons. The van der Waals surface area contributed by atoms with E-state index in [0.717, 1.165) is 57.5 Å². The normalized spacial score (nSPS) is 27.3. The Kier molecular flexibility index (Phi) is 5.15. The highest BCUT2D eigenvalue weighted by atomic mass is 19.2. The number of rotatable bonds is 4. The number of hydrogen-bond acceptors (Lipinski definition) is 2. The Morgan fingerprint density at radius 3 is 2.56 bits per heavy atom. The van der Waals surface area contributed by atoms with E-state index in [1.54, 1.807) is 0 Å². The van der Waals surface area contributed by atoms with Crippen LogP contribution in [0.2, 0.25) is 0 Å². The zero-order chi connectivity index (χ0) is 19.0. The topological polar surface area (TPSA) is 40.6 Å². The van der Waals surface area contributed by atoms with E-state index in [-0.39, 0.29) is 24.2 Å². The van der Waals surface area contributed by atoms with E-state index in [1.807, 2.05) is 9.80 Å². The van der Waals surface area contributed by atoms with Crippen LogP contribution in [0.15, 0.2) is 18.2 Å². The Morgan fingerprint density at radius 2 is 1.81 bits per heavy atom. The maximum atomic E-state index is 13.3. The molecule has 4 nitrogen and oxygen atoms in total. The minimum Gasteiger partial charge on any atom is -0.342 e. The molecule has 4 rings (SSSR count). The van der Waals surface area contributed by atoms with Crippen molar-refractivity contribution in [3.05, 3.63) is 35.4 Å². The second-order valence-corrected chi connectivity index (χ2v) is 8.18. The Morgan fingerprint density at radius 1 is 1.04 bits per heavy atom. The van der Waals surface area contributed by atoms with Gasteiger partial charge < -0.3 is 9.80 Å². The fraction of sp³-hybridized carbons (Fsp3) is 0.619. The molecule has 2 heterocycles. The van der Waals surface area contributed by atoms with Crippen molar-refractivity contribution in [1.29, 1.82) is 0 Å². The molecule has 2 amide bonds. The first-order valence-electron chi connectivity index (χ1n) is 10.0. The average Bonchev–Trinajstić information content (AvgIpc) is 3.18. The number of carbonyl (C=O) groups is 2. The van der Waals surface area contributed by atoms with Gasteiger partial charge in [0.15, 0.2) is 11.6 Å². The number of nitrogens with zero attached hydrogens (tertiary/aromatic N) is 2. The second kappa shape index (κ2) is 7.56. The van der Waals surface area contributed by atoms with Gasteiger partial charge in [-0.05, 0) is 61.6 Å². The highest BCUT2D eigenvalue weighted by Crippen LogP contribution is 2.46. The van der Waals surface area contributed by atoms with E-state index in [0.29, 0.717) is 30.4 Å². The monoisotopic (exact) mass is 376 g/mol. The number of fused-ring (bicyclic) bond motifs is 1. The number of carbonyl (C=O) groups excluding carboxylic acids is 2. The standard InChI is InChI=1S/C21H26F2N2O2/c22-18-5-3-14(11-19(18)23)4-6-20(26)25-10-7-15-12-16(17(15)13-25)21(27)24-8-1-2-9-24/h3,5,11,15-17H,1-2,4,6-10,12-13H2/t15-,16-,17-/m1/s1. The average molecular weight is 376 g/mol. The molecule has 3 atom stereocenters. The fourth-order valence-electron chi connectivity index (χ4n) is 4.87. The van der Waals surface area contributed by atoms with Crippen LogP contribution in [0.25, 0.3) is 0 Å². The van der Waals surface area contributed by atoms with E-state index in [1.165, 1.54) is 6.07 Å². The van der Waals surface area contributed by atoms with Gasteiger partial charge in [0, 0.05) is 38.5 Å². The van der Waals surface area contributed by atoms with Crippen LogP contribution in [0.1, 0.15) is 37.7 Å². The number of halogens is 2. The van der Waals surface area contributed by atoms with Crippen LogP contribution in [0.3, 0.4) is 0 Å². The van der Waals surface area contributed by atoms with Crippen LogP contribution in [-0.2, 0) is 16.0 Å². The summed E-state index contributed by atoms with van der Waals surface area (Å²) in [4.78, 5) is 29.1. The van der Waals surface area contributed by atoms with Crippen LogP contribution in [0, 0.1) is 29.4 Å². The smallest absolute Gasteiger partial charge is 0.226 e. The van der Waals surface area contributed by atoms with Crippen molar-refractivity contribution in [2.45, 2.75) is 38.5 Å². The zero-order valence-electron chi connectivity index (χ0n) is 15.5. The van der Waals surface area contributed by atoms with Crippen molar-refractivity contribution < 1.29 is 18.4 Å². The predicted octanol–water partition coefficient (Wildman–Crippen LogP) is 3.00. The summed E-state index contributed by atoms with van der Waals surface area (Å²) in [5.41, 5.74) is 0.628. The lowest BCUT2D eigenvalue weighted by Crippen LogP contribution is -2.56. The molecule has 0 spiro atoms.